The van der Waals surface area contributed by atoms with Gasteiger partial charge in [0.05, 0.1) is 45.9 Å². The Balaban J connectivity index is 1.49. The van der Waals surface area contributed by atoms with Gasteiger partial charge in [-0.2, -0.15) is 18.3 Å². The summed E-state index contributed by atoms with van der Waals surface area (Å²) in [5, 5.41) is 13.2. The summed E-state index contributed by atoms with van der Waals surface area (Å²) >= 11 is 12.3. The van der Waals surface area contributed by atoms with E-state index >= 15 is 0 Å². The van der Waals surface area contributed by atoms with Crippen LogP contribution in [-0.4, -0.2) is 55.0 Å². The molecule has 0 saturated heterocycles. The second kappa shape index (κ2) is 10.7. The number of amides is 1. The molecule has 2 heterocycles. The SMILES string of the molecule is O=C(CN(C(=O)c1cnn([C@H]2CC[C@H](C(=O)O)CC2)c1C(F)(F)F)C1CC2CCC1C2)c1c(Cl)cncc1Cl. The van der Waals surface area contributed by atoms with Crippen LogP contribution in [-0.2, 0) is 11.0 Å². The first-order chi connectivity index (χ1) is 18.5. The molecule has 3 aliphatic rings. The van der Waals surface area contributed by atoms with Gasteiger partial charge in [-0.3, -0.25) is 24.0 Å². The van der Waals surface area contributed by atoms with Crippen molar-refractivity contribution in [3.63, 3.8) is 0 Å². The number of aliphatic carboxylic acids is 1. The molecule has 13 heteroatoms. The minimum atomic E-state index is -4.90. The standard InChI is InChI=1S/C26H27Cl2F3N4O4/c27-18-10-32-11-19(28)22(18)21(36)12-34(20-8-13-1-2-15(20)7-13)24(37)17-9-33-35(23(17)26(29,30)31)16-5-3-14(4-6-16)25(38)39/h9-11,13-16,20H,1-8,12H2,(H,38,39)/t13?,14-,15?,16-,20?. The smallest absolute Gasteiger partial charge is 0.433 e. The number of nitrogens with zero attached hydrogens (tertiary/aromatic N) is 4. The number of hydrogen-bond donors (Lipinski definition) is 1. The number of halogens is 5. The molecule has 2 aromatic heterocycles. The van der Waals surface area contributed by atoms with Gasteiger partial charge in [-0.05, 0) is 56.8 Å². The largest absolute Gasteiger partial charge is 0.481 e. The first-order valence-corrected chi connectivity index (χ1v) is 13.7. The zero-order valence-corrected chi connectivity index (χ0v) is 22.3. The number of ketones is 1. The van der Waals surface area contributed by atoms with Crippen LogP contribution in [0.5, 0.6) is 0 Å². The Bertz CT molecular complexity index is 1270. The molecule has 3 aliphatic carbocycles. The maximum absolute atomic E-state index is 14.5. The second-order valence-electron chi connectivity index (χ2n) is 10.8. The van der Waals surface area contributed by atoms with Gasteiger partial charge < -0.3 is 10.0 Å². The number of aromatic nitrogens is 3. The topological polar surface area (TPSA) is 105 Å². The Morgan fingerprint density at radius 2 is 1.67 bits per heavy atom. The maximum Gasteiger partial charge on any atom is 0.433 e. The Kier molecular flexibility index (Phi) is 7.67. The molecule has 210 valence electrons. The summed E-state index contributed by atoms with van der Waals surface area (Å²) in [4.78, 5) is 43.6. The maximum atomic E-state index is 14.5. The molecule has 0 radical (unpaired) electrons. The van der Waals surface area contributed by atoms with E-state index in [1.54, 1.807) is 0 Å². The van der Waals surface area contributed by atoms with Crippen LogP contribution in [0.3, 0.4) is 0 Å². The molecule has 8 nitrogen and oxygen atoms in total. The summed E-state index contributed by atoms with van der Waals surface area (Å²) in [5.41, 5.74) is -1.83. The second-order valence-corrected chi connectivity index (χ2v) is 11.6. The Hall–Kier alpha value is -2.66. The lowest BCUT2D eigenvalue weighted by Crippen LogP contribution is -2.46. The van der Waals surface area contributed by atoms with E-state index in [2.05, 4.69) is 10.1 Å². The summed E-state index contributed by atoms with van der Waals surface area (Å²) in [6, 6.07) is -1.08. The fourth-order valence-corrected chi connectivity index (χ4v) is 7.22. The van der Waals surface area contributed by atoms with Crippen molar-refractivity contribution in [2.45, 2.75) is 69.6 Å². The van der Waals surface area contributed by atoms with E-state index in [0.717, 1.165) is 30.1 Å². The average molecular weight is 587 g/mol. The molecule has 3 atom stereocenters. The molecule has 3 fully saturated rings. The first kappa shape index (κ1) is 27.9. The third-order valence-corrected chi connectivity index (χ3v) is 9.07. The molecule has 39 heavy (non-hydrogen) atoms. The molecule has 0 spiro atoms. The minimum Gasteiger partial charge on any atom is -0.481 e. The molecule has 3 unspecified atom stereocenters. The van der Waals surface area contributed by atoms with E-state index in [-0.39, 0.29) is 47.2 Å². The van der Waals surface area contributed by atoms with Gasteiger partial charge >= 0.3 is 12.1 Å². The average Bonchev–Trinajstić information content (AvgIpc) is 3.62. The fourth-order valence-electron chi connectivity index (χ4n) is 6.64. The van der Waals surface area contributed by atoms with E-state index < -0.39 is 59.6 Å². The van der Waals surface area contributed by atoms with Gasteiger partial charge in [0.15, 0.2) is 11.5 Å². The summed E-state index contributed by atoms with van der Waals surface area (Å²) in [5.74, 6) is -2.64. The predicted octanol–water partition coefficient (Wildman–Crippen LogP) is 5.93. The number of hydrogen-bond acceptors (Lipinski definition) is 5. The van der Waals surface area contributed by atoms with Crippen LogP contribution in [0, 0.1) is 17.8 Å². The van der Waals surface area contributed by atoms with E-state index in [4.69, 9.17) is 23.2 Å². The predicted molar refractivity (Wildman–Crippen MR) is 135 cm³/mol. The van der Waals surface area contributed by atoms with Gasteiger partial charge in [0.1, 0.15) is 0 Å². The van der Waals surface area contributed by atoms with Crippen LogP contribution in [0.25, 0.3) is 0 Å². The molecule has 0 aliphatic heterocycles. The Morgan fingerprint density at radius 3 is 2.21 bits per heavy atom. The van der Waals surface area contributed by atoms with Crippen molar-refractivity contribution in [2.24, 2.45) is 17.8 Å². The van der Waals surface area contributed by atoms with E-state index in [0.29, 0.717) is 12.3 Å². The van der Waals surface area contributed by atoms with E-state index in [1.807, 2.05) is 0 Å². The molecule has 2 bridgehead atoms. The van der Waals surface area contributed by atoms with Crippen molar-refractivity contribution >= 4 is 40.9 Å². The summed E-state index contributed by atoms with van der Waals surface area (Å²) in [6.07, 6.45) is 2.65. The molecular formula is C26H27Cl2F3N4O4. The van der Waals surface area contributed by atoms with Crippen LogP contribution in [0.4, 0.5) is 13.2 Å². The van der Waals surface area contributed by atoms with Gasteiger partial charge in [0.25, 0.3) is 5.91 Å². The molecule has 1 N–H and O–H groups in total. The monoisotopic (exact) mass is 586 g/mol. The number of carbonyl (C=O) groups excluding carboxylic acids is 2. The lowest BCUT2D eigenvalue weighted by Gasteiger charge is -2.34. The number of carboxylic acid groups (broad SMARTS) is 1. The molecule has 5 rings (SSSR count). The highest BCUT2D eigenvalue weighted by molar-refractivity contribution is 6.39. The Morgan fingerprint density at radius 1 is 1.00 bits per heavy atom. The summed E-state index contributed by atoms with van der Waals surface area (Å²) in [6.45, 7) is -0.484. The lowest BCUT2D eigenvalue weighted by atomic mass is 9.86. The quantitative estimate of drug-likeness (QED) is 0.403. The zero-order chi connectivity index (χ0) is 28.1. The Labute approximate surface area is 232 Å². The molecule has 3 saturated carbocycles. The first-order valence-electron chi connectivity index (χ1n) is 13.0. The van der Waals surface area contributed by atoms with Crippen LogP contribution < -0.4 is 0 Å². The van der Waals surface area contributed by atoms with Crippen molar-refractivity contribution in [1.29, 1.82) is 0 Å². The van der Waals surface area contributed by atoms with Gasteiger partial charge in [-0.1, -0.05) is 29.6 Å². The van der Waals surface area contributed by atoms with Crippen molar-refractivity contribution in [3.05, 3.63) is 45.5 Å². The zero-order valence-electron chi connectivity index (χ0n) is 20.8. The third-order valence-electron chi connectivity index (χ3n) is 8.49. The number of carboxylic acids is 1. The third kappa shape index (κ3) is 5.39. The van der Waals surface area contributed by atoms with Gasteiger partial charge in [-0.25, -0.2) is 0 Å². The molecule has 1 amide bonds. The van der Waals surface area contributed by atoms with Crippen molar-refractivity contribution in [2.75, 3.05) is 6.54 Å². The number of pyridine rings is 1. The molecule has 0 aromatic carbocycles. The number of rotatable bonds is 7. The van der Waals surface area contributed by atoms with Crippen molar-refractivity contribution < 1.29 is 32.7 Å². The number of fused-ring (bicyclic) bond motifs is 2. The van der Waals surface area contributed by atoms with Crippen molar-refractivity contribution in [3.8, 4) is 0 Å². The summed E-state index contributed by atoms with van der Waals surface area (Å²) < 4.78 is 44.2. The normalized spacial score (nSPS) is 26.5. The lowest BCUT2D eigenvalue weighted by molar-refractivity contribution is -0.147. The van der Waals surface area contributed by atoms with Crippen LogP contribution in [0.15, 0.2) is 18.6 Å². The number of Topliss-reactive ketones (excluding diaryl/α,β-unsaturated/α-hetero) is 1. The highest BCUT2D eigenvalue weighted by Crippen LogP contribution is 2.47. The summed E-state index contributed by atoms with van der Waals surface area (Å²) in [7, 11) is 0. The van der Waals surface area contributed by atoms with Crippen LogP contribution in [0.1, 0.15) is 83.8 Å². The fraction of sp³-hybridized carbons (Fsp3) is 0.577. The van der Waals surface area contributed by atoms with E-state index in [9.17, 15) is 32.7 Å². The molecule has 2 aromatic rings. The minimum absolute atomic E-state index is 0.00592. The van der Waals surface area contributed by atoms with Gasteiger partial charge in [0, 0.05) is 18.4 Å². The van der Waals surface area contributed by atoms with Crippen LogP contribution >= 0.6 is 23.2 Å². The van der Waals surface area contributed by atoms with Crippen LogP contribution in [0.2, 0.25) is 10.0 Å². The molecular weight excluding hydrogens is 560 g/mol. The van der Waals surface area contributed by atoms with Crippen molar-refractivity contribution in [1.82, 2.24) is 19.7 Å². The highest BCUT2D eigenvalue weighted by atomic mass is 35.5. The number of carbonyl (C=O) groups is 3. The number of alkyl halides is 3. The highest BCUT2D eigenvalue weighted by Gasteiger charge is 2.48. The van der Waals surface area contributed by atoms with Gasteiger partial charge in [0.2, 0.25) is 0 Å². The van der Waals surface area contributed by atoms with E-state index in [1.165, 1.54) is 17.3 Å². The van der Waals surface area contributed by atoms with Gasteiger partial charge in [-0.15, -0.1) is 0 Å².